The van der Waals surface area contributed by atoms with E-state index in [0.717, 1.165) is 5.69 Å². The van der Waals surface area contributed by atoms with Crippen LogP contribution in [-0.2, 0) is 0 Å². The smallest absolute Gasteiger partial charge is 0.233 e. The van der Waals surface area contributed by atoms with E-state index in [2.05, 4.69) is 103 Å². The lowest BCUT2D eigenvalue weighted by Crippen LogP contribution is -2.55. The third-order valence-electron chi connectivity index (χ3n) is 9.88. The summed E-state index contributed by atoms with van der Waals surface area (Å²) in [6.45, 7) is 21.0. The van der Waals surface area contributed by atoms with Gasteiger partial charge in [0.25, 0.3) is 0 Å². The number of rotatable bonds is 1. The maximum atomic E-state index is 5.43. The monoisotopic (exact) mass is 480 g/mol. The summed E-state index contributed by atoms with van der Waals surface area (Å²) >= 11 is 0. The average Bonchev–Trinajstić information content (AvgIpc) is 3.45. The Bertz CT molecular complexity index is 1850. The van der Waals surface area contributed by atoms with Crippen LogP contribution in [0.15, 0.2) is 36.4 Å². The molecule has 0 bridgehead atoms. The second-order valence-corrected chi connectivity index (χ2v) is 11.5. The van der Waals surface area contributed by atoms with Crippen molar-refractivity contribution in [1.29, 1.82) is 0 Å². The van der Waals surface area contributed by atoms with Crippen LogP contribution in [0.5, 0.6) is 0 Å². The number of nitrogens with zero attached hydrogens (tertiary/aromatic N) is 2. The number of fused-ring (bicyclic) bond motifs is 5. The topological polar surface area (TPSA) is 17.8 Å². The Morgan fingerprint density at radius 2 is 1.22 bits per heavy atom. The molecular formula is C34H33BN2. The standard InChI is InChI=1S/C34H33BN2/c1-16-15-17(2)33-31-26(16)27-21(6)18(3)19(4)23(8)29(27)35(31)30-24(9)20(5)22(7)28-32(36-37(33)34(28)30)25-13-11-10-12-14-25/h10-15H,1-9H3. The minimum atomic E-state index is 0.242. The molecule has 0 saturated carbocycles. The molecule has 2 aliphatic heterocycles. The Labute approximate surface area is 220 Å². The van der Waals surface area contributed by atoms with Crippen molar-refractivity contribution < 1.29 is 0 Å². The van der Waals surface area contributed by atoms with Crippen LogP contribution in [0, 0.1) is 62.3 Å². The zero-order valence-corrected chi connectivity index (χ0v) is 23.4. The van der Waals surface area contributed by atoms with Crippen LogP contribution in [0.2, 0.25) is 0 Å². The minimum Gasteiger partial charge on any atom is -0.233 e. The molecule has 0 unspecified atom stereocenters. The maximum absolute atomic E-state index is 5.43. The summed E-state index contributed by atoms with van der Waals surface area (Å²) in [6, 6.07) is 13.1. The van der Waals surface area contributed by atoms with Gasteiger partial charge in [-0.25, -0.2) is 4.68 Å². The van der Waals surface area contributed by atoms with Gasteiger partial charge in [-0.3, -0.25) is 0 Å². The van der Waals surface area contributed by atoms with Crippen molar-refractivity contribution in [3.8, 4) is 28.1 Å². The van der Waals surface area contributed by atoms with Crippen LogP contribution in [0.25, 0.3) is 39.0 Å². The van der Waals surface area contributed by atoms with Crippen LogP contribution < -0.4 is 16.4 Å². The van der Waals surface area contributed by atoms with Gasteiger partial charge in [0.05, 0.1) is 11.2 Å². The molecule has 3 heterocycles. The SMILES string of the molecule is Cc1cc(C)c2c3c1-c1c(C)c(C)c(C)c(C)c1B3c1c(C)c(C)c(C)c3c(-c4ccccc4)nn-2c13. The molecule has 5 aromatic rings. The van der Waals surface area contributed by atoms with Crippen LogP contribution in [0.4, 0.5) is 0 Å². The lowest BCUT2D eigenvalue weighted by molar-refractivity contribution is 0.910. The fourth-order valence-corrected chi connectivity index (χ4v) is 7.54. The first-order valence-electron chi connectivity index (χ1n) is 13.5. The molecule has 37 heavy (non-hydrogen) atoms. The van der Waals surface area contributed by atoms with Gasteiger partial charge in [0, 0.05) is 10.9 Å². The molecule has 0 spiro atoms. The van der Waals surface area contributed by atoms with E-state index in [9.17, 15) is 0 Å². The van der Waals surface area contributed by atoms with E-state index in [1.165, 1.54) is 99.7 Å². The van der Waals surface area contributed by atoms with Crippen molar-refractivity contribution in [2.45, 2.75) is 62.3 Å². The molecular weight excluding hydrogens is 447 g/mol. The first kappa shape index (κ1) is 22.6. The zero-order valence-electron chi connectivity index (χ0n) is 23.4. The molecule has 0 saturated heterocycles. The van der Waals surface area contributed by atoms with Crippen molar-refractivity contribution in [2.24, 2.45) is 0 Å². The van der Waals surface area contributed by atoms with Crippen LogP contribution in [-0.4, -0.2) is 16.5 Å². The molecule has 3 heteroatoms. The van der Waals surface area contributed by atoms with Gasteiger partial charge in [-0.15, -0.1) is 0 Å². The summed E-state index contributed by atoms with van der Waals surface area (Å²) < 4.78 is 2.31. The molecule has 182 valence electrons. The highest BCUT2D eigenvalue weighted by Gasteiger charge is 2.46. The first-order valence-corrected chi connectivity index (χ1v) is 13.5. The largest absolute Gasteiger partial charge is 0.249 e. The van der Waals surface area contributed by atoms with E-state index in [-0.39, 0.29) is 6.71 Å². The number of hydrogen-bond donors (Lipinski definition) is 0. The van der Waals surface area contributed by atoms with Crippen LogP contribution in [0.1, 0.15) is 50.1 Å². The second kappa shape index (κ2) is 7.25. The number of aromatic nitrogens is 2. The Hall–Kier alpha value is -3.59. The zero-order chi connectivity index (χ0) is 26.1. The summed E-state index contributed by atoms with van der Waals surface area (Å²) in [5.41, 5.74) is 24.8. The fourth-order valence-electron chi connectivity index (χ4n) is 7.54. The van der Waals surface area contributed by atoms with Gasteiger partial charge in [-0.2, -0.15) is 5.10 Å². The third kappa shape index (κ3) is 2.55. The molecule has 2 aliphatic rings. The Kier molecular flexibility index (Phi) is 4.43. The van der Waals surface area contributed by atoms with E-state index < -0.39 is 0 Å². The molecule has 0 atom stereocenters. The molecule has 0 radical (unpaired) electrons. The third-order valence-corrected chi connectivity index (χ3v) is 9.88. The Morgan fingerprint density at radius 1 is 0.595 bits per heavy atom. The number of hydrogen-bond acceptors (Lipinski definition) is 1. The van der Waals surface area contributed by atoms with Crippen LogP contribution in [0.3, 0.4) is 0 Å². The van der Waals surface area contributed by atoms with Gasteiger partial charge >= 0.3 is 0 Å². The number of aryl methyl sites for hydroxylation is 3. The van der Waals surface area contributed by atoms with E-state index in [1.807, 2.05) is 0 Å². The van der Waals surface area contributed by atoms with Gasteiger partial charge in [0.2, 0.25) is 6.71 Å². The van der Waals surface area contributed by atoms with E-state index in [1.54, 1.807) is 0 Å². The van der Waals surface area contributed by atoms with Gasteiger partial charge in [-0.05, 0) is 123 Å². The highest BCUT2D eigenvalue weighted by atomic mass is 15.3. The van der Waals surface area contributed by atoms with Crippen molar-refractivity contribution in [3.63, 3.8) is 0 Å². The predicted molar refractivity (Wildman–Crippen MR) is 159 cm³/mol. The average molecular weight is 480 g/mol. The summed E-state index contributed by atoms with van der Waals surface area (Å²) in [5, 5.41) is 6.74. The van der Waals surface area contributed by atoms with Crippen molar-refractivity contribution >= 4 is 34.0 Å². The molecule has 0 amide bonds. The lowest BCUT2D eigenvalue weighted by atomic mass is 9.35. The maximum Gasteiger partial charge on any atom is 0.249 e. The van der Waals surface area contributed by atoms with Gasteiger partial charge in [0.15, 0.2) is 0 Å². The van der Waals surface area contributed by atoms with Crippen molar-refractivity contribution in [3.05, 3.63) is 86.5 Å². The molecule has 2 nitrogen and oxygen atoms in total. The van der Waals surface area contributed by atoms with Gasteiger partial charge < -0.3 is 0 Å². The first-order chi connectivity index (χ1) is 17.6. The second-order valence-electron chi connectivity index (χ2n) is 11.5. The van der Waals surface area contributed by atoms with Crippen LogP contribution >= 0.6 is 0 Å². The van der Waals surface area contributed by atoms with Crippen molar-refractivity contribution in [1.82, 2.24) is 9.78 Å². The predicted octanol–water partition coefficient (Wildman–Crippen LogP) is 6.28. The molecule has 4 aromatic carbocycles. The number of benzene rings is 4. The Morgan fingerprint density at radius 3 is 1.92 bits per heavy atom. The minimum absolute atomic E-state index is 0.242. The van der Waals surface area contributed by atoms with E-state index in [0.29, 0.717) is 0 Å². The summed E-state index contributed by atoms with van der Waals surface area (Å²) in [6.07, 6.45) is 0. The molecule has 0 fully saturated rings. The van der Waals surface area contributed by atoms with Gasteiger partial charge in [-0.1, -0.05) is 53.0 Å². The summed E-state index contributed by atoms with van der Waals surface area (Å²) in [7, 11) is 0. The highest BCUT2D eigenvalue weighted by molar-refractivity contribution is 7.02. The molecule has 0 N–H and O–H groups in total. The molecule has 7 rings (SSSR count). The fraction of sp³-hybridized carbons (Fsp3) is 0.265. The summed E-state index contributed by atoms with van der Waals surface area (Å²) in [5.74, 6) is 0. The molecule has 1 aromatic heterocycles. The highest BCUT2D eigenvalue weighted by Crippen LogP contribution is 2.42. The normalized spacial score (nSPS) is 12.9. The Balaban J connectivity index is 1.76. The lowest BCUT2D eigenvalue weighted by Gasteiger charge is -2.28. The van der Waals surface area contributed by atoms with E-state index >= 15 is 0 Å². The van der Waals surface area contributed by atoms with Crippen molar-refractivity contribution in [2.75, 3.05) is 0 Å². The molecule has 0 aliphatic carbocycles. The van der Waals surface area contributed by atoms with E-state index in [4.69, 9.17) is 5.10 Å². The van der Waals surface area contributed by atoms with Gasteiger partial charge in [0.1, 0.15) is 5.69 Å². The quantitative estimate of drug-likeness (QED) is 0.253. The summed E-state index contributed by atoms with van der Waals surface area (Å²) in [4.78, 5) is 0.